The van der Waals surface area contributed by atoms with Crippen molar-refractivity contribution in [2.45, 2.75) is 11.6 Å². The Balaban J connectivity index is 1.64. The van der Waals surface area contributed by atoms with Crippen LogP contribution in [0.2, 0.25) is 0 Å². The maximum atomic E-state index is 5.63. The number of benzene rings is 2. The summed E-state index contributed by atoms with van der Waals surface area (Å²) in [6.45, 7) is 0.541. The Labute approximate surface area is 144 Å². The van der Waals surface area contributed by atoms with Crippen LogP contribution in [0, 0.1) is 0 Å². The molecule has 0 saturated heterocycles. The van der Waals surface area contributed by atoms with Crippen LogP contribution in [-0.4, -0.2) is 32.9 Å². The summed E-state index contributed by atoms with van der Waals surface area (Å²) in [5.74, 6) is 1.61. The second-order valence-corrected chi connectivity index (χ2v) is 6.47. The van der Waals surface area contributed by atoms with Crippen molar-refractivity contribution in [1.29, 1.82) is 0 Å². The molecule has 0 atom stereocenters. The van der Waals surface area contributed by atoms with E-state index in [0.717, 1.165) is 28.0 Å². The van der Waals surface area contributed by atoms with Crippen molar-refractivity contribution in [2.24, 2.45) is 10.8 Å². The second-order valence-electron chi connectivity index (χ2n) is 5.53. The van der Waals surface area contributed by atoms with Gasteiger partial charge in [-0.15, -0.1) is 10.2 Å². The van der Waals surface area contributed by atoms with Crippen molar-refractivity contribution in [3.63, 3.8) is 0 Å². The molecule has 0 radical (unpaired) electrons. The fraction of sp³-hybridized carbons (Fsp3) is 0.167. The molecule has 1 aliphatic heterocycles. The summed E-state index contributed by atoms with van der Waals surface area (Å²) in [5.41, 5.74) is 10.2. The van der Waals surface area contributed by atoms with Gasteiger partial charge in [0, 0.05) is 12.2 Å². The SMILES string of the molecule is NCCc1nnc2n1N=C(c1ccc(-c3ccccc3)cc1)CS2. The minimum absolute atomic E-state index is 0.541. The molecule has 1 aliphatic rings. The number of aromatic nitrogens is 3. The molecule has 5 nitrogen and oxygen atoms in total. The van der Waals surface area contributed by atoms with Crippen LogP contribution in [0.3, 0.4) is 0 Å². The van der Waals surface area contributed by atoms with Crippen molar-refractivity contribution in [3.05, 3.63) is 66.0 Å². The van der Waals surface area contributed by atoms with Crippen LogP contribution < -0.4 is 5.73 Å². The molecule has 0 spiro atoms. The van der Waals surface area contributed by atoms with Crippen molar-refractivity contribution in [3.8, 4) is 11.1 Å². The van der Waals surface area contributed by atoms with Crippen LogP contribution in [0.1, 0.15) is 11.4 Å². The largest absolute Gasteiger partial charge is 0.330 e. The minimum Gasteiger partial charge on any atom is -0.330 e. The van der Waals surface area contributed by atoms with Crippen molar-refractivity contribution in [2.75, 3.05) is 12.3 Å². The molecule has 3 aromatic rings. The maximum Gasteiger partial charge on any atom is 0.212 e. The summed E-state index contributed by atoms with van der Waals surface area (Å²) in [4.78, 5) is 0. The maximum absolute atomic E-state index is 5.63. The monoisotopic (exact) mass is 335 g/mol. The molecule has 0 unspecified atom stereocenters. The second kappa shape index (κ2) is 6.59. The van der Waals surface area contributed by atoms with Crippen LogP contribution >= 0.6 is 11.8 Å². The average Bonchev–Trinajstić information content (AvgIpc) is 3.05. The molecule has 2 aromatic carbocycles. The van der Waals surface area contributed by atoms with E-state index in [1.54, 1.807) is 11.8 Å². The quantitative estimate of drug-likeness (QED) is 0.796. The van der Waals surface area contributed by atoms with Gasteiger partial charge >= 0.3 is 0 Å². The summed E-state index contributed by atoms with van der Waals surface area (Å²) in [7, 11) is 0. The Kier molecular flexibility index (Phi) is 4.15. The highest BCUT2D eigenvalue weighted by Gasteiger charge is 2.19. The molecule has 1 aromatic heterocycles. The van der Waals surface area contributed by atoms with E-state index in [0.29, 0.717) is 13.0 Å². The van der Waals surface area contributed by atoms with Gasteiger partial charge in [0.25, 0.3) is 0 Å². The highest BCUT2D eigenvalue weighted by atomic mass is 32.2. The van der Waals surface area contributed by atoms with Gasteiger partial charge in [0.2, 0.25) is 5.16 Å². The van der Waals surface area contributed by atoms with Crippen LogP contribution in [0.4, 0.5) is 0 Å². The zero-order valence-electron chi connectivity index (χ0n) is 13.1. The van der Waals surface area contributed by atoms with Gasteiger partial charge in [-0.3, -0.25) is 0 Å². The first-order valence-electron chi connectivity index (χ1n) is 7.86. The average molecular weight is 335 g/mol. The number of hydrogen-bond acceptors (Lipinski definition) is 5. The molecule has 0 saturated carbocycles. The Bertz CT molecular complexity index is 868. The lowest BCUT2D eigenvalue weighted by Gasteiger charge is -2.14. The molecule has 2 heterocycles. The third kappa shape index (κ3) is 2.86. The van der Waals surface area contributed by atoms with E-state index in [1.807, 2.05) is 10.7 Å². The van der Waals surface area contributed by atoms with E-state index < -0.39 is 0 Å². The Morgan fingerprint density at radius 2 is 1.62 bits per heavy atom. The lowest BCUT2D eigenvalue weighted by Crippen LogP contribution is -2.16. The lowest BCUT2D eigenvalue weighted by molar-refractivity contribution is 0.702. The first-order valence-corrected chi connectivity index (χ1v) is 8.84. The number of nitrogens with two attached hydrogens (primary N) is 1. The number of fused-ring (bicyclic) bond motifs is 1. The molecule has 0 aliphatic carbocycles. The molecule has 2 N–H and O–H groups in total. The van der Waals surface area contributed by atoms with Gasteiger partial charge in [0.1, 0.15) is 0 Å². The zero-order chi connectivity index (χ0) is 16.4. The Morgan fingerprint density at radius 1 is 0.917 bits per heavy atom. The highest BCUT2D eigenvalue weighted by Crippen LogP contribution is 2.25. The summed E-state index contributed by atoms with van der Waals surface area (Å²) in [5, 5.41) is 13.9. The van der Waals surface area contributed by atoms with Crippen LogP contribution in [0.15, 0.2) is 64.9 Å². The van der Waals surface area contributed by atoms with Gasteiger partial charge in [0.15, 0.2) is 5.82 Å². The van der Waals surface area contributed by atoms with E-state index >= 15 is 0 Å². The zero-order valence-corrected chi connectivity index (χ0v) is 13.9. The van der Waals surface area contributed by atoms with Gasteiger partial charge in [-0.05, 0) is 23.2 Å². The van der Waals surface area contributed by atoms with E-state index in [-0.39, 0.29) is 0 Å². The fourth-order valence-corrected chi connectivity index (χ4v) is 3.54. The highest BCUT2D eigenvalue weighted by molar-refractivity contribution is 7.99. The molecular weight excluding hydrogens is 318 g/mol. The molecule has 24 heavy (non-hydrogen) atoms. The summed E-state index contributed by atoms with van der Waals surface area (Å²) < 4.78 is 1.82. The number of nitrogens with zero attached hydrogens (tertiary/aromatic N) is 4. The van der Waals surface area contributed by atoms with Crippen LogP contribution in [0.5, 0.6) is 0 Å². The third-order valence-electron chi connectivity index (χ3n) is 3.93. The van der Waals surface area contributed by atoms with Gasteiger partial charge in [-0.25, -0.2) is 0 Å². The number of thioether (sulfide) groups is 1. The third-order valence-corrected chi connectivity index (χ3v) is 4.86. The van der Waals surface area contributed by atoms with E-state index in [9.17, 15) is 0 Å². The van der Waals surface area contributed by atoms with Gasteiger partial charge in [0.05, 0.1) is 5.71 Å². The van der Waals surface area contributed by atoms with Gasteiger partial charge in [-0.2, -0.15) is 9.78 Å². The molecule has 120 valence electrons. The minimum atomic E-state index is 0.541. The molecule has 0 amide bonds. The topological polar surface area (TPSA) is 69.1 Å². The lowest BCUT2D eigenvalue weighted by atomic mass is 10.0. The predicted octanol–water partition coefficient (Wildman–Crippen LogP) is 2.80. The summed E-state index contributed by atoms with van der Waals surface area (Å²) >= 11 is 1.66. The molecule has 4 rings (SSSR count). The van der Waals surface area contributed by atoms with Crippen molar-refractivity contribution < 1.29 is 0 Å². The molecule has 6 heteroatoms. The fourth-order valence-electron chi connectivity index (χ4n) is 2.68. The van der Waals surface area contributed by atoms with E-state index in [1.165, 1.54) is 11.1 Å². The first-order chi connectivity index (χ1) is 11.8. The van der Waals surface area contributed by atoms with Crippen molar-refractivity contribution >= 4 is 17.5 Å². The molecule has 0 fully saturated rings. The first kappa shape index (κ1) is 15.1. The Hall–Kier alpha value is -2.44. The summed E-state index contributed by atoms with van der Waals surface area (Å²) in [6.07, 6.45) is 0.678. The van der Waals surface area contributed by atoms with Crippen LogP contribution in [-0.2, 0) is 6.42 Å². The standard InChI is InChI=1S/C18H17N5S/c19-11-10-17-20-21-18-23(17)22-16(12-24-18)15-8-6-14(7-9-15)13-4-2-1-3-5-13/h1-9H,10-12,19H2. The molecule has 0 bridgehead atoms. The smallest absolute Gasteiger partial charge is 0.212 e. The van der Waals surface area contributed by atoms with Gasteiger partial charge in [-0.1, -0.05) is 66.4 Å². The number of hydrogen-bond donors (Lipinski definition) is 1. The predicted molar refractivity (Wildman–Crippen MR) is 97.3 cm³/mol. The summed E-state index contributed by atoms with van der Waals surface area (Å²) in [6, 6.07) is 18.9. The van der Waals surface area contributed by atoms with E-state index in [2.05, 4.69) is 58.7 Å². The van der Waals surface area contributed by atoms with Crippen LogP contribution in [0.25, 0.3) is 11.1 Å². The Morgan fingerprint density at radius 3 is 2.38 bits per heavy atom. The van der Waals surface area contributed by atoms with Crippen molar-refractivity contribution in [1.82, 2.24) is 14.9 Å². The van der Waals surface area contributed by atoms with Gasteiger partial charge < -0.3 is 5.73 Å². The van der Waals surface area contributed by atoms with E-state index in [4.69, 9.17) is 10.8 Å². The number of rotatable bonds is 4. The molecular formula is C18H17N5S. The normalized spacial score (nSPS) is 13.5.